The highest BCUT2D eigenvalue weighted by atomic mass is 16.5. The molecule has 0 aliphatic heterocycles. The summed E-state index contributed by atoms with van der Waals surface area (Å²) in [5, 5.41) is 14.5. The van der Waals surface area contributed by atoms with E-state index in [2.05, 4.69) is 20.3 Å². The van der Waals surface area contributed by atoms with E-state index < -0.39 is 6.09 Å². The molecule has 0 fully saturated rings. The molecule has 0 saturated carbocycles. The number of nitrogens with one attached hydrogen (secondary N) is 1. The van der Waals surface area contributed by atoms with Crippen molar-refractivity contribution in [3.63, 3.8) is 0 Å². The molecule has 0 bridgehead atoms. The highest BCUT2D eigenvalue weighted by molar-refractivity contribution is 6.10. The molecule has 0 spiro atoms. The number of nitrogens with two attached hydrogens (primary N) is 1. The number of hydrogen-bond acceptors (Lipinski definition) is 7. The predicted molar refractivity (Wildman–Crippen MR) is 151 cm³/mol. The third-order valence-electron chi connectivity index (χ3n) is 6.74. The van der Waals surface area contributed by atoms with Crippen LogP contribution in [-0.2, 0) is 12.8 Å². The monoisotopic (exact) mass is 523 g/mol. The van der Waals surface area contributed by atoms with E-state index in [9.17, 15) is 9.90 Å². The lowest BCUT2D eigenvalue weighted by Gasteiger charge is -2.17. The number of carboxylic acid groups (broad SMARTS) is 1. The molecule has 3 heterocycles. The highest BCUT2D eigenvalue weighted by Gasteiger charge is 2.15. The Morgan fingerprint density at radius 2 is 1.72 bits per heavy atom. The van der Waals surface area contributed by atoms with Crippen LogP contribution in [0.2, 0.25) is 0 Å². The summed E-state index contributed by atoms with van der Waals surface area (Å²) in [6, 6.07) is 17.4. The van der Waals surface area contributed by atoms with Crippen LogP contribution in [0, 0.1) is 0 Å². The molecule has 2 aromatic carbocycles. The van der Waals surface area contributed by atoms with Gasteiger partial charge in [0.2, 0.25) is 0 Å². The van der Waals surface area contributed by atoms with E-state index in [0.717, 1.165) is 38.4 Å². The van der Waals surface area contributed by atoms with Gasteiger partial charge in [0.25, 0.3) is 0 Å². The number of hydrogen-bond donors (Lipinski definition) is 3. The molecule has 5 aromatic rings. The molecule has 5 rings (SSSR count). The van der Waals surface area contributed by atoms with E-state index in [0.29, 0.717) is 42.3 Å². The summed E-state index contributed by atoms with van der Waals surface area (Å²) in [6.45, 7) is 0. The zero-order valence-corrected chi connectivity index (χ0v) is 21.7. The maximum Gasteiger partial charge on any atom is 0.404 e. The number of nitrogens with zero attached hydrogens (tertiary/aromatic N) is 3. The minimum Gasteiger partial charge on any atom is -0.493 e. The van der Waals surface area contributed by atoms with Gasteiger partial charge in [-0.05, 0) is 54.0 Å². The lowest BCUT2D eigenvalue weighted by atomic mass is 9.98. The first kappa shape index (κ1) is 25.7. The minimum absolute atomic E-state index is 0.228. The number of anilines is 1. The quantitative estimate of drug-likeness (QED) is 0.223. The van der Waals surface area contributed by atoms with Crippen molar-refractivity contribution >= 4 is 33.6 Å². The van der Waals surface area contributed by atoms with Gasteiger partial charge in [-0.3, -0.25) is 9.97 Å². The Hall–Kier alpha value is -4.92. The Labute approximate surface area is 225 Å². The number of aromatic nitrogens is 3. The van der Waals surface area contributed by atoms with Crippen molar-refractivity contribution in [3.05, 3.63) is 84.3 Å². The van der Waals surface area contributed by atoms with E-state index in [1.807, 2.05) is 54.6 Å². The number of pyridine rings is 3. The summed E-state index contributed by atoms with van der Waals surface area (Å²) in [5.74, 6) is 1.56. The van der Waals surface area contributed by atoms with Crippen molar-refractivity contribution in [1.82, 2.24) is 20.3 Å². The lowest BCUT2D eigenvalue weighted by Crippen LogP contribution is -2.35. The average molecular weight is 524 g/mol. The molecule has 0 unspecified atom stereocenters. The molecule has 0 aliphatic carbocycles. The molecule has 0 saturated heterocycles. The highest BCUT2D eigenvalue weighted by Crippen LogP contribution is 2.37. The van der Waals surface area contributed by atoms with Crippen LogP contribution in [0.3, 0.4) is 0 Å². The molecular formula is C30H29N5O4. The van der Waals surface area contributed by atoms with E-state index in [-0.39, 0.29) is 6.04 Å². The van der Waals surface area contributed by atoms with Gasteiger partial charge in [-0.1, -0.05) is 30.3 Å². The fourth-order valence-electron chi connectivity index (χ4n) is 4.81. The maximum absolute atomic E-state index is 11.4. The molecule has 9 heteroatoms. The third kappa shape index (κ3) is 5.67. The van der Waals surface area contributed by atoms with Crippen molar-refractivity contribution in [2.24, 2.45) is 0 Å². The molecule has 0 aliphatic rings. The van der Waals surface area contributed by atoms with Gasteiger partial charge < -0.3 is 25.6 Å². The standard InChI is InChI=1S/C30H29N5O4/c1-38-27-13-23-22-12-25(35-29(31)24(22)17-33-26(23)14-28(27)39-2)20-10-19(15-32-16-20)8-9-21(34-30(36)37)11-18-6-4-3-5-7-18/h3-7,10,12-17,21,34H,8-9,11H2,1-2H3,(H2,31,35)(H,36,37)/t21-/m1/s1. The average Bonchev–Trinajstić information content (AvgIpc) is 2.95. The number of methoxy groups -OCH3 is 2. The fraction of sp³-hybridized carbons (Fsp3) is 0.200. The second-order valence-corrected chi connectivity index (χ2v) is 9.29. The van der Waals surface area contributed by atoms with Crippen LogP contribution in [0.5, 0.6) is 11.5 Å². The van der Waals surface area contributed by atoms with Crippen LogP contribution < -0.4 is 20.5 Å². The van der Waals surface area contributed by atoms with Crippen LogP contribution in [0.1, 0.15) is 17.5 Å². The van der Waals surface area contributed by atoms with Gasteiger partial charge in [0.1, 0.15) is 5.82 Å². The first-order chi connectivity index (χ1) is 18.9. The van der Waals surface area contributed by atoms with Crippen LogP contribution in [0.4, 0.5) is 10.6 Å². The van der Waals surface area contributed by atoms with Gasteiger partial charge in [-0.15, -0.1) is 0 Å². The normalized spacial score (nSPS) is 11.8. The molecule has 1 atom stereocenters. The van der Waals surface area contributed by atoms with Crippen molar-refractivity contribution in [2.45, 2.75) is 25.3 Å². The van der Waals surface area contributed by atoms with Crippen LogP contribution in [0.25, 0.3) is 32.9 Å². The molecule has 4 N–H and O–H groups in total. The predicted octanol–water partition coefficient (Wildman–Crippen LogP) is 5.26. The van der Waals surface area contributed by atoms with Gasteiger partial charge in [0.05, 0.1) is 25.4 Å². The number of carbonyl (C=O) groups is 1. The van der Waals surface area contributed by atoms with E-state index in [1.165, 1.54) is 0 Å². The zero-order chi connectivity index (χ0) is 27.4. The zero-order valence-electron chi connectivity index (χ0n) is 21.7. The molecular weight excluding hydrogens is 494 g/mol. The van der Waals surface area contributed by atoms with Crippen LogP contribution in [-0.4, -0.2) is 46.4 Å². The summed E-state index contributed by atoms with van der Waals surface area (Å²) < 4.78 is 10.9. The molecule has 39 heavy (non-hydrogen) atoms. The third-order valence-corrected chi connectivity index (χ3v) is 6.74. The first-order valence-corrected chi connectivity index (χ1v) is 12.5. The summed E-state index contributed by atoms with van der Waals surface area (Å²) in [6.07, 6.45) is 6.11. The summed E-state index contributed by atoms with van der Waals surface area (Å²) in [4.78, 5) is 25.0. The number of benzene rings is 2. The second kappa shape index (κ2) is 11.2. The first-order valence-electron chi connectivity index (χ1n) is 12.5. The summed E-state index contributed by atoms with van der Waals surface area (Å²) in [5.41, 5.74) is 10.7. The Morgan fingerprint density at radius 1 is 0.949 bits per heavy atom. The Bertz CT molecular complexity index is 1640. The van der Waals surface area contributed by atoms with Gasteiger partial charge in [0.15, 0.2) is 11.5 Å². The second-order valence-electron chi connectivity index (χ2n) is 9.29. The molecule has 198 valence electrons. The largest absolute Gasteiger partial charge is 0.493 e. The van der Waals surface area contributed by atoms with Crippen molar-refractivity contribution in [2.75, 3.05) is 20.0 Å². The van der Waals surface area contributed by atoms with Gasteiger partial charge >= 0.3 is 6.09 Å². The van der Waals surface area contributed by atoms with Crippen molar-refractivity contribution in [3.8, 4) is 22.8 Å². The molecule has 0 radical (unpaired) electrons. The van der Waals surface area contributed by atoms with Crippen molar-refractivity contribution in [1.29, 1.82) is 0 Å². The van der Waals surface area contributed by atoms with Gasteiger partial charge in [-0.25, -0.2) is 9.78 Å². The van der Waals surface area contributed by atoms with Gasteiger partial charge in [0, 0.05) is 47.0 Å². The number of nitrogen functional groups attached to an aromatic ring is 1. The number of rotatable bonds is 9. The number of ether oxygens (including phenoxy) is 2. The topological polar surface area (TPSA) is 132 Å². The van der Waals surface area contributed by atoms with Crippen molar-refractivity contribution < 1.29 is 19.4 Å². The number of fused-ring (bicyclic) bond motifs is 3. The van der Waals surface area contributed by atoms with E-state index in [4.69, 9.17) is 15.2 Å². The fourth-order valence-corrected chi connectivity index (χ4v) is 4.81. The Morgan fingerprint density at radius 3 is 2.46 bits per heavy atom. The smallest absolute Gasteiger partial charge is 0.404 e. The Balaban J connectivity index is 1.45. The van der Waals surface area contributed by atoms with Crippen LogP contribution >= 0.6 is 0 Å². The minimum atomic E-state index is -1.03. The Kier molecular flexibility index (Phi) is 7.40. The van der Waals surface area contributed by atoms with E-state index in [1.54, 1.807) is 32.8 Å². The lowest BCUT2D eigenvalue weighted by molar-refractivity contribution is 0.189. The molecule has 9 nitrogen and oxygen atoms in total. The SMILES string of the molecule is COc1cc2ncc3c(N)nc(-c4cncc(CC[C@H](Cc5ccccc5)NC(=O)O)c4)cc3c2cc1OC. The number of amides is 1. The van der Waals surface area contributed by atoms with Gasteiger partial charge in [-0.2, -0.15) is 0 Å². The maximum atomic E-state index is 11.4. The molecule has 3 aromatic heterocycles. The number of aryl methyl sites for hydroxylation is 1. The summed E-state index contributed by atoms with van der Waals surface area (Å²) in [7, 11) is 3.18. The molecule has 1 amide bonds. The van der Waals surface area contributed by atoms with E-state index >= 15 is 0 Å². The summed E-state index contributed by atoms with van der Waals surface area (Å²) >= 11 is 0. The van der Waals surface area contributed by atoms with Crippen LogP contribution in [0.15, 0.2) is 73.2 Å².